The molecule has 4 saturated heterocycles. The van der Waals surface area contributed by atoms with Gasteiger partial charge in [-0.15, -0.1) is 0 Å². The van der Waals surface area contributed by atoms with Gasteiger partial charge < -0.3 is 19.1 Å². The molecule has 1 amide bonds. The maximum atomic E-state index is 14.4. The van der Waals surface area contributed by atoms with Crippen LogP contribution in [-0.2, 0) is 14.3 Å². The minimum Gasteiger partial charge on any atom is -0.497 e. The number of carbonyl (C=O) groups is 1. The summed E-state index contributed by atoms with van der Waals surface area (Å²) in [6.45, 7) is 9.15. The lowest BCUT2D eigenvalue weighted by Gasteiger charge is -2.52. The second kappa shape index (κ2) is 8.79. The van der Waals surface area contributed by atoms with Gasteiger partial charge in [-0.1, -0.05) is 37.6 Å². The quantitative estimate of drug-likeness (QED) is 0.502. The van der Waals surface area contributed by atoms with Gasteiger partial charge in [0.2, 0.25) is 5.91 Å². The third-order valence-corrected chi connectivity index (χ3v) is 10.9. The van der Waals surface area contributed by atoms with Gasteiger partial charge >= 0.3 is 0 Å². The van der Waals surface area contributed by atoms with E-state index in [-0.39, 0.29) is 35.9 Å². The fraction of sp³-hybridized carbons (Fsp3) is 0.606. The number of nitrogens with zero attached hydrogens (tertiary/aromatic N) is 1. The van der Waals surface area contributed by atoms with Gasteiger partial charge in [0.05, 0.1) is 30.8 Å². The highest BCUT2D eigenvalue weighted by molar-refractivity contribution is 6.03. The van der Waals surface area contributed by atoms with Crippen LogP contribution in [0.15, 0.2) is 48.5 Å². The lowest BCUT2D eigenvalue weighted by Crippen LogP contribution is -2.59. The SMILES string of the molecule is COc1ccc(N2C(=O)[C@@]3(C)C[C@@H]4CC[C@]3(O4)[C@@H]2c2ccccc2[C@H]2NC(C)(C)[C@@H]3CC[C@@H](C)C[C@H]3O2)cc1. The Morgan fingerprint density at radius 2 is 1.74 bits per heavy atom. The largest absolute Gasteiger partial charge is 0.497 e. The first-order valence-corrected chi connectivity index (χ1v) is 14.8. The molecule has 4 aliphatic heterocycles. The smallest absolute Gasteiger partial charge is 0.236 e. The van der Waals surface area contributed by atoms with Crippen molar-refractivity contribution in [3.05, 3.63) is 59.7 Å². The number of fused-ring (bicyclic) bond motifs is 2. The molecule has 0 aromatic heterocycles. The summed E-state index contributed by atoms with van der Waals surface area (Å²) in [5.74, 6) is 2.11. The van der Waals surface area contributed by atoms with Crippen LogP contribution in [0.3, 0.4) is 0 Å². The number of carbonyl (C=O) groups excluding carboxylic acids is 1. The van der Waals surface area contributed by atoms with E-state index in [0.29, 0.717) is 11.8 Å². The molecular formula is C33H42N2O4. The Balaban J connectivity index is 1.34. The number of nitrogens with one attached hydrogen (secondary N) is 1. The Bertz CT molecular complexity index is 1280. The summed E-state index contributed by atoms with van der Waals surface area (Å²) in [7, 11) is 1.67. The lowest BCUT2D eigenvalue weighted by molar-refractivity contribution is -0.157. The highest BCUT2D eigenvalue weighted by atomic mass is 16.5. The Morgan fingerprint density at radius 3 is 2.46 bits per heavy atom. The standard InChI is InChI=1S/C33H42N2O4/c1-20-10-15-26-27(18-20)38-29(34-31(26,2)3)25-9-7-6-8-24(25)28-33-17-16-23(39-33)19-32(33,4)30(36)35(28)21-11-13-22(37-5)14-12-21/h6-9,11-14,20,23,26-29,34H,10,15-19H2,1-5H3/t20-,23+,26-,27-,28+,29+,32-,33+/m1/s1. The minimum absolute atomic E-state index is 0.0445. The summed E-state index contributed by atoms with van der Waals surface area (Å²) in [4.78, 5) is 16.4. The van der Waals surface area contributed by atoms with Crippen LogP contribution in [0.5, 0.6) is 5.75 Å². The predicted octanol–water partition coefficient (Wildman–Crippen LogP) is 6.31. The van der Waals surface area contributed by atoms with Crippen molar-refractivity contribution in [3.63, 3.8) is 0 Å². The Labute approximate surface area is 232 Å². The van der Waals surface area contributed by atoms with Crippen molar-refractivity contribution >= 4 is 11.6 Å². The van der Waals surface area contributed by atoms with Gasteiger partial charge in [-0.05, 0) is 88.6 Å². The monoisotopic (exact) mass is 530 g/mol. The molecule has 1 aliphatic carbocycles. The van der Waals surface area contributed by atoms with E-state index in [4.69, 9.17) is 14.2 Å². The maximum Gasteiger partial charge on any atom is 0.236 e. The molecule has 4 heterocycles. The second-order valence-electron chi connectivity index (χ2n) is 13.6. The van der Waals surface area contributed by atoms with E-state index in [0.717, 1.165) is 48.2 Å². The summed E-state index contributed by atoms with van der Waals surface area (Å²) < 4.78 is 19.2. The summed E-state index contributed by atoms with van der Waals surface area (Å²) in [5, 5.41) is 3.89. The highest BCUT2D eigenvalue weighted by Gasteiger charge is 2.75. The molecule has 2 bridgehead atoms. The number of hydrogen-bond acceptors (Lipinski definition) is 5. The van der Waals surface area contributed by atoms with Crippen molar-refractivity contribution in [3.8, 4) is 5.75 Å². The van der Waals surface area contributed by atoms with Gasteiger partial charge in [-0.25, -0.2) is 0 Å². The van der Waals surface area contributed by atoms with E-state index < -0.39 is 11.0 Å². The zero-order valence-corrected chi connectivity index (χ0v) is 23.9. The highest BCUT2D eigenvalue weighted by Crippen LogP contribution is 2.68. The normalized spacial score (nSPS) is 40.4. The fourth-order valence-corrected chi connectivity index (χ4v) is 8.84. The van der Waals surface area contributed by atoms with Crippen LogP contribution in [0, 0.1) is 17.3 Å². The van der Waals surface area contributed by atoms with Crippen molar-refractivity contribution in [2.75, 3.05) is 12.0 Å². The molecule has 0 unspecified atom stereocenters. The molecule has 39 heavy (non-hydrogen) atoms. The number of amides is 1. The molecule has 7 rings (SSSR count). The van der Waals surface area contributed by atoms with Gasteiger partial charge in [0.25, 0.3) is 0 Å². The van der Waals surface area contributed by atoms with Crippen molar-refractivity contribution < 1.29 is 19.0 Å². The van der Waals surface area contributed by atoms with Gasteiger partial charge in [0.1, 0.15) is 17.6 Å². The lowest BCUT2D eigenvalue weighted by atomic mass is 9.65. The van der Waals surface area contributed by atoms with Crippen LogP contribution in [0.4, 0.5) is 5.69 Å². The van der Waals surface area contributed by atoms with Crippen molar-refractivity contribution in [2.24, 2.45) is 17.3 Å². The number of benzene rings is 2. The van der Waals surface area contributed by atoms with E-state index in [1.807, 2.05) is 29.2 Å². The molecule has 2 aromatic carbocycles. The number of anilines is 1. The zero-order chi connectivity index (χ0) is 27.2. The van der Waals surface area contributed by atoms with E-state index in [2.05, 4.69) is 57.3 Å². The number of hydrogen-bond donors (Lipinski definition) is 1. The molecule has 0 radical (unpaired) electrons. The Kier molecular flexibility index (Phi) is 5.76. The maximum absolute atomic E-state index is 14.4. The summed E-state index contributed by atoms with van der Waals surface area (Å²) in [6, 6.07) is 16.3. The number of methoxy groups -OCH3 is 1. The van der Waals surface area contributed by atoms with Crippen LogP contribution >= 0.6 is 0 Å². The van der Waals surface area contributed by atoms with Crippen LogP contribution in [0.25, 0.3) is 0 Å². The van der Waals surface area contributed by atoms with Crippen LogP contribution in [0.2, 0.25) is 0 Å². The molecule has 1 saturated carbocycles. The molecule has 208 valence electrons. The second-order valence-corrected chi connectivity index (χ2v) is 13.6. The predicted molar refractivity (Wildman–Crippen MR) is 151 cm³/mol. The minimum atomic E-state index is -0.559. The third-order valence-electron chi connectivity index (χ3n) is 10.9. The first-order chi connectivity index (χ1) is 18.7. The van der Waals surface area contributed by atoms with Gasteiger partial charge in [0.15, 0.2) is 0 Å². The average molecular weight is 531 g/mol. The molecule has 8 atom stereocenters. The summed E-state index contributed by atoms with van der Waals surface area (Å²) in [6.07, 6.45) is 6.37. The van der Waals surface area contributed by atoms with Gasteiger partial charge in [-0.2, -0.15) is 0 Å². The van der Waals surface area contributed by atoms with Crippen molar-refractivity contribution in [1.82, 2.24) is 5.32 Å². The average Bonchev–Trinajstić information content (AvgIpc) is 3.52. The fourth-order valence-electron chi connectivity index (χ4n) is 8.84. The van der Waals surface area contributed by atoms with E-state index >= 15 is 0 Å². The summed E-state index contributed by atoms with van der Waals surface area (Å²) >= 11 is 0. The third kappa shape index (κ3) is 3.60. The molecule has 1 spiro atoms. The van der Waals surface area contributed by atoms with E-state index in [1.54, 1.807) is 7.11 Å². The number of rotatable bonds is 4. The first-order valence-electron chi connectivity index (χ1n) is 14.8. The van der Waals surface area contributed by atoms with Crippen molar-refractivity contribution in [2.45, 2.75) is 102 Å². The number of ether oxygens (including phenoxy) is 3. The molecule has 5 aliphatic rings. The van der Waals surface area contributed by atoms with Crippen molar-refractivity contribution in [1.29, 1.82) is 0 Å². The van der Waals surface area contributed by atoms with Crippen LogP contribution in [0.1, 0.15) is 89.6 Å². The Hall–Kier alpha value is -2.41. The topological polar surface area (TPSA) is 60.0 Å². The van der Waals surface area contributed by atoms with Gasteiger partial charge in [-0.3, -0.25) is 10.1 Å². The molecule has 1 N–H and O–H groups in total. The summed E-state index contributed by atoms with van der Waals surface area (Å²) in [5.41, 5.74) is 1.97. The Morgan fingerprint density at radius 1 is 1.00 bits per heavy atom. The zero-order valence-electron chi connectivity index (χ0n) is 23.9. The molecule has 6 nitrogen and oxygen atoms in total. The molecule has 2 aromatic rings. The van der Waals surface area contributed by atoms with Gasteiger partial charge in [0, 0.05) is 22.7 Å². The van der Waals surface area contributed by atoms with E-state index in [9.17, 15) is 4.79 Å². The van der Waals surface area contributed by atoms with Crippen LogP contribution in [-0.4, -0.2) is 36.4 Å². The molecular weight excluding hydrogens is 488 g/mol. The molecule has 6 heteroatoms. The van der Waals surface area contributed by atoms with E-state index in [1.165, 1.54) is 12.8 Å². The molecule has 5 fully saturated rings. The first kappa shape index (κ1) is 25.6. The van der Waals surface area contributed by atoms with Crippen LogP contribution < -0.4 is 15.0 Å².